The smallest absolute Gasteiger partial charge is 0.275 e. The van der Waals surface area contributed by atoms with Crippen molar-refractivity contribution in [2.24, 2.45) is 0 Å². The van der Waals surface area contributed by atoms with E-state index in [4.69, 9.17) is 4.57 Å². The molecule has 0 bridgehead atoms. The third-order valence-electron chi connectivity index (χ3n) is 0. The number of hydrogen-bond acceptors (Lipinski definition) is 2. The quantitative estimate of drug-likeness (QED) is 0.504. The molecule has 0 aromatic rings. The normalized spacial score (nSPS) is 5.88. The molecule has 8 heavy (non-hydrogen) atoms. The first-order valence-electron chi connectivity index (χ1n) is 1.71. The van der Waals surface area contributed by atoms with Crippen LogP contribution in [0.5, 0.6) is 0 Å². The standard InChI is InChI=1S/C2H6OP.CH3OP.CH4/c1-4(2)3;1-3-2;/h1-2H3;1H3;1H4/q+1;;. The molecule has 0 rings (SSSR count). The van der Waals surface area contributed by atoms with E-state index in [1.165, 1.54) is 0 Å². The highest BCUT2D eigenvalue weighted by Crippen LogP contribution is 2.00. The maximum absolute atomic E-state index is 9.59. The first-order chi connectivity index (χ1) is 3.15. The summed E-state index contributed by atoms with van der Waals surface area (Å²) in [5.41, 5.74) is 0. The Morgan fingerprint density at radius 1 is 1.38 bits per heavy atom. The van der Waals surface area contributed by atoms with Crippen LogP contribution >= 0.6 is 16.3 Å². The van der Waals surface area contributed by atoms with E-state index in [0.29, 0.717) is 0 Å². The van der Waals surface area contributed by atoms with Crippen LogP contribution in [0.1, 0.15) is 7.43 Å². The predicted molar refractivity (Wildman–Crippen MR) is 39.7 cm³/mol. The van der Waals surface area contributed by atoms with E-state index in [1.54, 1.807) is 20.0 Å². The zero-order chi connectivity index (χ0) is 6.28. The van der Waals surface area contributed by atoms with Crippen LogP contribution in [-0.4, -0.2) is 20.0 Å². The van der Waals surface area contributed by atoms with Gasteiger partial charge < -0.3 is 0 Å². The molecule has 0 aromatic heterocycles. The van der Waals surface area contributed by atoms with Gasteiger partial charge in [0.1, 0.15) is 13.3 Å². The lowest BCUT2D eigenvalue weighted by atomic mass is 11.9. The molecule has 0 saturated carbocycles. The third-order valence-corrected chi connectivity index (χ3v) is 0. The van der Waals surface area contributed by atoms with Crippen molar-refractivity contribution in [2.45, 2.75) is 7.43 Å². The minimum absolute atomic E-state index is 0. The molecule has 0 spiro atoms. The molecule has 4 heteroatoms. The van der Waals surface area contributed by atoms with Gasteiger partial charge >= 0.3 is 7.80 Å². The molecule has 0 fully saturated rings. The molecule has 0 unspecified atom stereocenters. The molecule has 0 N–H and O–H groups in total. The van der Waals surface area contributed by atoms with Crippen LogP contribution in [0, 0.1) is 0 Å². The zero-order valence-corrected chi connectivity index (χ0v) is 6.50. The highest BCUT2D eigenvalue weighted by molar-refractivity contribution is 7.42. The number of hydrogen-bond donors (Lipinski definition) is 0. The SMILES string of the molecule is C.CP=O.C[P+](C)=O. The topological polar surface area (TPSA) is 34.1 Å². The summed E-state index contributed by atoms with van der Waals surface area (Å²) in [5.74, 6) is 0. The van der Waals surface area contributed by atoms with Gasteiger partial charge in [-0.3, -0.25) is 4.57 Å². The van der Waals surface area contributed by atoms with Crippen molar-refractivity contribution in [3.8, 4) is 0 Å². The van der Waals surface area contributed by atoms with Crippen LogP contribution < -0.4 is 0 Å². The van der Waals surface area contributed by atoms with E-state index in [0.717, 1.165) is 0 Å². The fourth-order valence-electron chi connectivity index (χ4n) is 0. The summed E-state index contributed by atoms with van der Waals surface area (Å²) in [6.45, 7) is 4.89. The maximum atomic E-state index is 9.59. The highest BCUT2D eigenvalue weighted by Gasteiger charge is 1.80. The van der Waals surface area contributed by atoms with Crippen molar-refractivity contribution < 1.29 is 9.13 Å². The van der Waals surface area contributed by atoms with Gasteiger partial charge in [-0.25, -0.2) is 0 Å². The molecule has 0 heterocycles. The Balaban J connectivity index is -0.0000000575. The largest absolute Gasteiger partial charge is 0.332 e. The second-order valence-electron chi connectivity index (χ2n) is 0.995. The average Bonchev–Trinajstić information content (AvgIpc) is 1.33. The van der Waals surface area contributed by atoms with Gasteiger partial charge in [-0.2, -0.15) is 0 Å². The highest BCUT2D eigenvalue weighted by atomic mass is 31.1. The second kappa shape index (κ2) is 15.7. The molecule has 0 aromatic carbocycles. The third kappa shape index (κ3) is 4190. The van der Waals surface area contributed by atoms with Gasteiger partial charge in [0.25, 0.3) is 0 Å². The van der Waals surface area contributed by atoms with Crippen molar-refractivity contribution in [1.29, 1.82) is 0 Å². The van der Waals surface area contributed by atoms with Crippen molar-refractivity contribution >= 4 is 16.3 Å². The first-order valence-corrected chi connectivity index (χ1v) is 5.12. The van der Waals surface area contributed by atoms with E-state index in [1.807, 2.05) is 0 Å². The van der Waals surface area contributed by atoms with Crippen LogP contribution in [-0.2, 0) is 9.13 Å². The molecular weight excluding hydrogens is 142 g/mol. The Kier molecular flexibility index (Phi) is 30.8. The lowest BCUT2D eigenvalue weighted by Gasteiger charge is -1.37. The van der Waals surface area contributed by atoms with E-state index < -0.39 is 7.80 Å². The van der Waals surface area contributed by atoms with Gasteiger partial charge in [0.15, 0.2) is 8.46 Å². The van der Waals surface area contributed by atoms with Gasteiger partial charge in [0, 0.05) is 6.66 Å². The molecule has 2 nitrogen and oxygen atoms in total. The van der Waals surface area contributed by atoms with Gasteiger partial charge in [0.05, 0.1) is 0 Å². The van der Waals surface area contributed by atoms with E-state index >= 15 is 0 Å². The Bertz CT molecular complexity index is 59.1. The minimum atomic E-state index is -0.870. The molecule has 0 atom stereocenters. The lowest BCUT2D eigenvalue weighted by Crippen LogP contribution is -1.33. The summed E-state index contributed by atoms with van der Waals surface area (Å²) >= 11 is 0. The van der Waals surface area contributed by atoms with Crippen molar-refractivity contribution in [2.75, 3.05) is 20.0 Å². The molecule has 0 aliphatic rings. The Labute approximate surface area is 53.7 Å². The Morgan fingerprint density at radius 2 is 1.38 bits per heavy atom. The van der Waals surface area contributed by atoms with Crippen LogP contribution in [0.4, 0.5) is 0 Å². The van der Waals surface area contributed by atoms with E-state index in [9.17, 15) is 4.57 Å². The molecule has 0 saturated heterocycles. The summed E-state index contributed by atoms with van der Waals surface area (Å²) in [6, 6.07) is 0. The van der Waals surface area contributed by atoms with Crippen molar-refractivity contribution in [3.05, 3.63) is 0 Å². The summed E-state index contributed by atoms with van der Waals surface area (Å²) < 4.78 is 18.5. The van der Waals surface area contributed by atoms with Gasteiger partial charge in [-0.05, 0) is 0 Å². The van der Waals surface area contributed by atoms with Crippen molar-refractivity contribution in [1.82, 2.24) is 0 Å². The maximum Gasteiger partial charge on any atom is 0.332 e. The summed E-state index contributed by atoms with van der Waals surface area (Å²) in [6.07, 6.45) is 0. The summed E-state index contributed by atoms with van der Waals surface area (Å²) in [7, 11) is -0.704. The Morgan fingerprint density at radius 3 is 1.38 bits per heavy atom. The fourth-order valence-corrected chi connectivity index (χ4v) is 0. The predicted octanol–water partition coefficient (Wildman–Crippen LogP) is 2.62. The van der Waals surface area contributed by atoms with E-state index in [2.05, 4.69) is 0 Å². The number of rotatable bonds is 0. The molecule has 0 aliphatic carbocycles. The molecule has 0 amide bonds. The van der Waals surface area contributed by atoms with Crippen LogP contribution in [0.3, 0.4) is 0 Å². The van der Waals surface area contributed by atoms with Crippen LogP contribution in [0.25, 0.3) is 0 Å². The molecule has 0 aliphatic heterocycles. The minimum Gasteiger partial charge on any atom is -0.275 e. The van der Waals surface area contributed by atoms with E-state index in [-0.39, 0.29) is 15.9 Å². The van der Waals surface area contributed by atoms with Crippen molar-refractivity contribution in [3.63, 3.8) is 0 Å². The van der Waals surface area contributed by atoms with Gasteiger partial charge in [0.2, 0.25) is 0 Å². The molecular formula is C4H13O2P2+. The molecule has 50 valence electrons. The second-order valence-corrected chi connectivity index (χ2v) is 2.98. The van der Waals surface area contributed by atoms with Crippen LogP contribution in [0.2, 0.25) is 0 Å². The first kappa shape index (κ1) is 15.7. The van der Waals surface area contributed by atoms with Gasteiger partial charge in [-0.15, -0.1) is 0 Å². The molecule has 0 radical (unpaired) electrons. The van der Waals surface area contributed by atoms with Crippen LogP contribution in [0.15, 0.2) is 0 Å². The average molecular weight is 155 g/mol. The lowest BCUT2D eigenvalue weighted by molar-refractivity contribution is 0.594. The monoisotopic (exact) mass is 155 g/mol. The van der Waals surface area contributed by atoms with Gasteiger partial charge in [-0.1, -0.05) is 12.0 Å². The summed E-state index contributed by atoms with van der Waals surface area (Å²) in [4.78, 5) is 0. The zero-order valence-electron chi connectivity index (χ0n) is 4.71. The Hall–Kier alpha value is 0.200. The fraction of sp³-hybridized carbons (Fsp3) is 1.00. The summed E-state index contributed by atoms with van der Waals surface area (Å²) in [5, 5.41) is 0.